The van der Waals surface area contributed by atoms with Crippen LogP contribution in [0.5, 0.6) is 0 Å². The molecule has 1 aromatic rings. The Morgan fingerprint density at radius 3 is 2.45 bits per heavy atom. The summed E-state index contributed by atoms with van der Waals surface area (Å²) in [6.07, 6.45) is -12.0. The number of rotatable bonds is 3. The van der Waals surface area contributed by atoms with Crippen LogP contribution in [-0.2, 0) is 13.1 Å². The molecule has 14 heteroatoms. The molecule has 3 heterocycles. The Kier molecular flexibility index (Phi) is 5.88. The molecule has 2 unspecified atom stereocenters. The summed E-state index contributed by atoms with van der Waals surface area (Å²) in [6, 6.07) is 0. The van der Waals surface area contributed by atoms with E-state index in [0.29, 0.717) is 30.4 Å². The van der Waals surface area contributed by atoms with Gasteiger partial charge in [-0.15, -0.1) is 0 Å². The Hall–Kier alpha value is -2.51. The number of hydrogen-bond acceptors (Lipinski definition) is 4. The summed E-state index contributed by atoms with van der Waals surface area (Å²) >= 11 is 0. The molecule has 174 valence electrons. The maximum atomic E-state index is 13.5. The zero-order valence-corrected chi connectivity index (χ0v) is 16.3. The Balaban J connectivity index is 1.93. The van der Waals surface area contributed by atoms with Gasteiger partial charge in [0, 0.05) is 43.8 Å². The molecule has 8 nitrogen and oxygen atoms in total. The molecule has 2 aliphatic heterocycles. The molecule has 2 amide bonds. The van der Waals surface area contributed by atoms with Crippen LogP contribution in [0.2, 0.25) is 0 Å². The second kappa shape index (κ2) is 7.88. The molecule has 2 atom stereocenters. The number of likely N-dealkylation sites (tertiary alicyclic amines) is 1. The van der Waals surface area contributed by atoms with Crippen LogP contribution in [0.1, 0.15) is 29.7 Å². The standard InChI is InChI=1S/C17H21F6N5O3/c1-15(26-13(29)10-8-27-5-3-24-6-11(27)25-10)2-4-28(14(30)31)7-9(15)12(16(18,19)20)17(21,22)23/h8-9,12,24H,2-7H2,1H3,(H,26,29)(H,30,31). The third-order valence-electron chi connectivity index (χ3n) is 5.82. The SMILES string of the molecule is CC1(NC(=O)c2cn3c(n2)CNCC3)CCN(C(=O)O)CC1C(C(F)(F)F)C(F)(F)F. The molecule has 1 aromatic heterocycles. The van der Waals surface area contributed by atoms with Gasteiger partial charge in [-0.1, -0.05) is 0 Å². The van der Waals surface area contributed by atoms with Crippen molar-refractivity contribution in [1.82, 2.24) is 25.1 Å². The van der Waals surface area contributed by atoms with Crippen LogP contribution in [-0.4, -0.2) is 69.1 Å². The molecule has 31 heavy (non-hydrogen) atoms. The lowest BCUT2D eigenvalue weighted by molar-refractivity contribution is -0.307. The number of amides is 2. The van der Waals surface area contributed by atoms with Crippen molar-refractivity contribution in [2.75, 3.05) is 19.6 Å². The van der Waals surface area contributed by atoms with Crippen LogP contribution in [0, 0.1) is 11.8 Å². The fraction of sp³-hybridized carbons (Fsp3) is 0.706. The van der Waals surface area contributed by atoms with Gasteiger partial charge in [-0.3, -0.25) is 4.79 Å². The normalized spacial score (nSPS) is 24.8. The van der Waals surface area contributed by atoms with E-state index < -0.39 is 54.7 Å². The largest absolute Gasteiger partial charge is 0.465 e. The van der Waals surface area contributed by atoms with Crippen LogP contribution >= 0.6 is 0 Å². The van der Waals surface area contributed by atoms with Crippen molar-refractivity contribution in [2.24, 2.45) is 11.8 Å². The summed E-state index contributed by atoms with van der Waals surface area (Å²) in [7, 11) is 0. The fourth-order valence-electron chi connectivity index (χ4n) is 4.15. The Morgan fingerprint density at radius 2 is 1.90 bits per heavy atom. The van der Waals surface area contributed by atoms with E-state index >= 15 is 0 Å². The predicted molar refractivity (Wildman–Crippen MR) is 93.1 cm³/mol. The number of aromatic nitrogens is 2. The van der Waals surface area contributed by atoms with Gasteiger partial charge in [-0.25, -0.2) is 9.78 Å². The number of hydrogen-bond donors (Lipinski definition) is 3. The van der Waals surface area contributed by atoms with Gasteiger partial charge in [0.2, 0.25) is 0 Å². The fourth-order valence-corrected chi connectivity index (χ4v) is 4.15. The number of carbonyl (C=O) groups excluding carboxylic acids is 1. The Labute approximate surface area is 172 Å². The molecule has 1 fully saturated rings. The number of piperidine rings is 1. The van der Waals surface area contributed by atoms with Gasteiger partial charge in [0.25, 0.3) is 5.91 Å². The number of carboxylic acid groups (broad SMARTS) is 1. The third-order valence-corrected chi connectivity index (χ3v) is 5.82. The van der Waals surface area contributed by atoms with Crippen LogP contribution in [0.3, 0.4) is 0 Å². The summed E-state index contributed by atoms with van der Waals surface area (Å²) in [5.41, 5.74) is -2.10. The van der Waals surface area contributed by atoms with Gasteiger partial charge in [-0.2, -0.15) is 26.3 Å². The molecule has 0 saturated carbocycles. The number of carbonyl (C=O) groups is 2. The van der Waals surface area contributed by atoms with E-state index in [-0.39, 0.29) is 12.2 Å². The first-order valence-corrected chi connectivity index (χ1v) is 9.43. The lowest BCUT2D eigenvalue weighted by Gasteiger charge is -2.48. The molecule has 1 saturated heterocycles. The van der Waals surface area contributed by atoms with Crippen molar-refractivity contribution in [3.8, 4) is 0 Å². The van der Waals surface area contributed by atoms with Crippen molar-refractivity contribution in [2.45, 2.75) is 44.3 Å². The smallest absolute Gasteiger partial charge is 0.407 e. The summed E-state index contributed by atoms with van der Waals surface area (Å²) in [6.45, 7) is 1.22. The average molecular weight is 457 g/mol. The number of nitrogens with one attached hydrogen (secondary N) is 2. The first kappa shape index (κ1) is 23.2. The topological polar surface area (TPSA) is 99.5 Å². The van der Waals surface area contributed by atoms with Gasteiger partial charge in [-0.05, 0) is 13.3 Å². The molecular formula is C17H21F6N5O3. The highest BCUT2D eigenvalue weighted by Gasteiger charge is 2.65. The molecule has 0 spiro atoms. The van der Waals surface area contributed by atoms with E-state index in [1.165, 1.54) is 6.20 Å². The highest BCUT2D eigenvalue weighted by molar-refractivity contribution is 5.92. The Morgan fingerprint density at radius 1 is 1.26 bits per heavy atom. The molecule has 3 N–H and O–H groups in total. The number of alkyl halides is 6. The number of halogens is 6. The van der Waals surface area contributed by atoms with Crippen LogP contribution in [0.4, 0.5) is 31.1 Å². The van der Waals surface area contributed by atoms with Crippen molar-refractivity contribution < 1.29 is 41.0 Å². The van der Waals surface area contributed by atoms with Crippen molar-refractivity contribution in [3.05, 3.63) is 17.7 Å². The average Bonchev–Trinajstić information content (AvgIpc) is 3.05. The van der Waals surface area contributed by atoms with E-state index in [1.54, 1.807) is 4.57 Å². The van der Waals surface area contributed by atoms with Crippen LogP contribution < -0.4 is 10.6 Å². The van der Waals surface area contributed by atoms with Crippen LogP contribution in [0.15, 0.2) is 6.20 Å². The first-order valence-electron chi connectivity index (χ1n) is 9.43. The van der Waals surface area contributed by atoms with Gasteiger partial charge in [0.05, 0.1) is 6.54 Å². The zero-order valence-electron chi connectivity index (χ0n) is 16.3. The summed E-state index contributed by atoms with van der Waals surface area (Å²) in [5, 5.41) is 14.5. The van der Waals surface area contributed by atoms with Crippen LogP contribution in [0.25, 0.3) is 0 Å². The lowest BCUT2D eigenvalue weighted by Crippen LogP contribution is -2.65. The molecule has 0 radical (unpaired) electrons. The summed E-state index contributed by atoms with van der Waals surface area (Å²) in [4.78, 5) is 28.6. The zero-order chi connectivity index (χ0) is 23.2. The third kappa shape index (κ3) is 4.72. The minimum atomic E-state index is -5.68. The van der Waals surface area contributed by atoms with Gasteiger partial charge in [0.15, 0.2) is 5.92 Å². The molecule has 0 bridgehead atoms. The van der Waals surface area contributed by atoms with E-state index in [4.69, 9.17) is 5.11 Å². The first-order chi connectivity index (χ1) is 14.2. The number of fused-ring (bicyclic) bond motifs is 1. The second-order valence-corrected chi connectivity index (χ2v) is 7.93. The van der Waals surface area contributed by atoms with E-state index in [1.807, 2.05) is 0 Å². The lowest BCUT2D eigenvalue weighted by atomic mass is 9.71. The minimum Gasteiger partial charge on any atom is -0.465 e. The number of imidazole rings is 1. The maximum absolute atomic E-state index is 13.5. The maximum Gasteiger partial charge on any atom is 0.407 e. The molecule has 0 aliphatic carbocycles. The minimum absolute atomic E-state index is 0.130. The van der Waals surface area contributed by atoms with Crippen molar-refractivity contribution in [3.63, 3.8) is 0 Å². The molecule has 0 aromatic carbocycles. The highest BCUT2D eigenvalue weighted by Crippen LogP contribution is 2.49. The summed E-state index contributed by atoms with van der Waals surface area (Å²) < 4.78 is 82.5. The molecule has 3 rings (SSSR count). The van der Waals surface area contributed by atoms with E-state index in [0.717, 1.165) is 6.92 Å². The van der Waals surface area contributed by atoms with Gasteiger partial charge < -0.3 is 25.2 Å². The predicted octanol–water partition coefficient (Wildman–Crippen LogP) is 2.22. The summed E-state index contributed by atoms with van der Waals surface area (Å²) in [5.74, 6) is -6.49. The van der Waals surface area contributed by atoms with Crippen molar-refractivity contribution >= 4 is 12.0 Å². The quantitative estimate of drug-likeness (QED) is 0.605. The van der Waals surface area contributed by atoms with E-state index in [2.05, 4.69) is 15.6 Å². The van der Waals surface area contributed by atoms with Gasteiger partial charge in [0.1, 0.15) is 11.5 Å². The van der Waals surface area contributed by atoms with E-state index in [9.17, 15) is 35.9 Å². The van der Waals surface area contributed by atoms with Crippen molar-refractivity contribution in [1.29, 1.82) is 0 Å². The Bertz CT molecular complexity index is 817. The monoisotopic (exact) mass is 457 g/mol. The van der Waals surface area contributed by atoms with Gasteiger partial charge >= 0.3 is 18.4 Å². The second-order valence-electron chi connectivity index (χ2n) is 7.93. The molecular weight excluding hydrogens is 436 g/mol. The highest BCUT2D eigenvalue weighted by atomic mass is 19.4. The molecule has 2 aliphatic rings. The number of nitrogens with zero attached hydrogens (tertiary/aromatic N) is 3.